The number of aliphatic hydroxyl groups excluding tert-OH is 1. The van der Waals surface area contributed by atoms with Crippen molar-refractivity contribution in [2.75, 3.05) is 26.2 Å². The number of aryl methyl sites for hydroxylation is 1. The third-order valence-electron chi connectivity index (χ3n) is 3.54. The summed E-state index contributed by atoms with van der Waals surface area (Å²) >= 11 is 0. The largest absolute Gasteiger partial charge is 0.396 e. The van der Waals surface area contributed by atoms with Crippen LogP contribution >= 0.6 is 0 Å². The third kappa shape index (κ3) is 2.83. The normalized spacial score (nSPS) is 19.1. The Morgan fingerprint density at radius 2 is 2.19 bits per heavy atom. The Labute approximate surface area is 96.9 Å². The van der Waals surface area contributed by atoms with E-state index in [4.69, 9.17) is 5.11 Å². The quantitative estimate of drug-likeness (QED) is 0.815. The number of likely N-dealkylation sites (tertiary alicyclic amines) is 1. The van der Waals surface area contributed by atoms with Crippen molar-refractivity contribution in [3.8, 4) is 0 Å². The number of hydrogen-bond donors (Lipinski definition) is 1. The van der Waals surface area contributed by atoms with Gasteiger partial charge in [0.05, 0.1) is 0 Å². The zero-order chi connectivity index (χ0) is 11.4. The van der Waals surface area contributed by atoms with Gasteiger partial charge in [-0.05, 0) is 31.8 Å². The van der Waals surface area contributed by atoms with Gasteiger partial charge in [0.15, 0.2) is 0 Å². The molecular formula is C12H21N3O. The summed E-state index contributed by atoms with van der Waals surface area (Å²) in [7, 11) is 2.04. The molecule has 2 heterocycles. The second-order valence-corrected chi connectivity index (χ2v) is 4.67. The Kier molecular flexibility index (Phi) is 3.96. The fourth-order valence-corrected chi connectivity index (χ4v) is 2.29. The SMILES string of the molecule is Cn1ccnc1CCN1CCC(CO)CC1. The van der Waals surface area contributed by atoms with Crippen molar-refractivity contribution in [2.45, 2.75) is 19.3 Å². The van der Waals surface area contributed by atoms with E-state index in [2.05, 4.69) is 14.5 Å². The molecule has 0 unspecified atom stereocenters. The minimum absolute atomic E-state index is 0.354. The highest BCUT2D eigenvalue weighted by atomic mass is 16.3. The van der Waals surface area contributed by atoms with Gasteiger partial charge in [-0.2, -0.15) is 0 Å². The van der Waals surface area contributed by atoms with Gasteiger partial charge in [-0.25, -0.2) is 4.98 Å². The molecule has 1 saturated heterocycles. The Morgan fingerprint density at radius 1 is 1.44 bits per heavy atom. The van der Waals surface area contributed by atoms with Crippen LogP contribution in [0.1, 0.15) is 18.7 Å². The Morgan fingerprint density at radius 3 is 2.75 bits per heavy atom. The van der Waals surface area contributed by atoms with Gasteiger partial charge < -0.3 is 14.6 Å². The van der Waals surface area contributed by atoms with Crippen molar-refractivity contribution in [1.82, 2.24) is 14.5 Å². The number of piperidine rings is 1. The van der Waals surface area contributed by atoms with Crippen LogP contribution in [0.4, 0.5) is 0 Å². The maximum atomic E-state index is 9.06. The average molecular weight is 223 g/mol. The van der Waals surface area contributed by atoms with Gasteiger partial charge in [0.25, 0.3) is 0 Å². The summed E-state index contributed by atoms with van der Waals surface area (Å²) in [5, 5.41) is 9.06. The van der Waals surface area contributed by atoms with Crippen molar-refractivity contribution in [1.29, 1.82) is 0 Å². The van der Waals surface area contributed by atoms with Crippen LogP contribution in [0.25, 0.3) is 0 Å². The van der Waals surface area contributed by atoms with E-state index in [0.29, 0.717) is 12.5 Å². The summed E-state index contributed by atoms with van der Waals surface area (Å²) in [6.07, 6.45) is 7.14. The first-order chi connectivity index (χ1) is 7.79. The third-order valence-corrected chi connectivity index (χ3v) is 3.54. The highest BCUT2D eigenvalue weighted by Gasteiger charge is 2.18. The van der Waals surface area contributed by atoms with E-state index in [1.807, 2.05) is 19.4 Å². The van der Waals surface area contributed by atoms with Gasteiger partial charge in [-0.15, -0.1) is 0 Å². The molecule has 0 spiro atoms. The second-order valence-electron chi connectivity index (χ2n) is 4.67. The molecule has 0 amide bonds. The minimum atomic E-state index is 0.354. The molecule has 1 aromatic heterocycles. The molecule has 2 rings (SSSR count). The van der Waals surface area contributed by atoms with Crippen molar-refractivity contribution in [3.63, 3.8) is 0 Å². The Balaban J connectivity index is 1.73. The van der Waals surface area contributed by atoms with Crippen LogP contribution in [0.3, 0.4) is 0 Å². The Bertz CT molecular complexity index is 316. The zero-order valence-electron chi connectivity index (χ0n) is 9.97. The van der Waals surface area contributed by atoms with Crippen LogP contribution in [0.15, 0.2) is 12.4 Å². The molecule has 0 radical (unpaired) electrons. The number of hydrogen-bond acceptors (Lipinski definition) is 3. The molecule has 1 aliphatic heterocycles. The fraction of sp³-hybridized carbons (Fsp3) is 0.750. The van der Waals surface area contributed by atoms with Crippen LogP contribution in [-0.2, 0) is 13.5 Å². The summed E-state index contributed by atoms with van der Waals surface area (Å²) in [4.78, 5) is 6.80. The van der Waals surface area contributed by atoms with Crippen LogP contribution in [0.5, 0.6) is 0 Å². The topological polar surface area (TPSA) is 41.3 Å². The standard InChI is InChI=1S/C12H21N3O/c1-14-9-5-13-12(14)4-8-15-6-2-11(10-16)3-7-15/h5,9,11,16H,2-4,6-8,10H2,1H3. The van der Waals surface area contributed by atoms with Gasteiger partial charge in [0.2, 0.25) is 0 Å². The number of aromatic nitrogens is 2. The molecule has 0 bridgehead atoms. The van der Waals surface area contributed by atoms with Crippen LogP contribution in [-0.4, -0.2) is 45.8 Å². The predicted molar refractivity (Wildman–Crippen MR) is 63.2 cm³/mol. The van der Waals surface area contributed by atoms with Crippen molar-refractivity contribution in [2.24, 2.45) is 13.0 Å². The van der Waals surface area contributed by atoms with Crippen molar-refractivity contribution >= 4 is 0 Å². The van der Waals surface area contributed by atoms with Gasteiger partial charge in [-0.1, -0.05) is 0 Å². The number of imidazole rings is 1. The lowest BCUT2D eigenvalue weighted by Crippen LogP contribution is -2.36. The minimum Gasteiger partial charge on any atom is -0.396 e. The number of aliphatic hydroxyl groups is 1. The van der Waals surface area contributed by atoms with E-state index in [9.17, 15) is 0 Å². The second kappa shape index (κ2) is 5.46. The highest BCUT2D eigenvalue weighted by molar-refractivity contribution is 4.92. The molecule has 1 fully saturated rings. The van der Waals surface area contributed by atoms with Gasteiger partial charge in [0, 0.05) is 39.0 Å². The first kappa shape index (κ1) is 11.6. The molecule has 16 heavy (non-hydrogen) atoms. The summed E-state index contributed by atoms with van der Waals surface area (Å²) < 4.78 is 2.08. The monoisotopic (exact) mass is 223 g/mol. The van der Waals surface area contributed by atoms with Crippen LogP contribution < -0.4 is 0 Å². The Hall–Kier alpha value is -0.870. The van der Waals surface area contributed by atoms with Crippen LogP contribution in [0.2, 0.25) is 0 Å². The van der Waals surface area contributed by atoms with E-state index in [-0.39, 0.29) is 0 Å². The van der Waals surface area contributed by atoms with Gasteiger partial charge >= 0.3 is 0 Å². The zero-order valence-corrected chi connectivity index (χ0v) is 9.97. The lowest BCUT2D eigenvalue weighted by molar-refractivity contribution is 0.132. The van der Waals surface area contributed by atoms with Gasteiger partial charge in [-0.3, -0.25) is 0 Å². The molecule has 1 aromatic rings. The molecule has 1 N–H and O–H groups in total. The maximum absolute atomic E-state index is 9.06. The molecule has 0 aromatic carbocycles. The lowest BCUT2D eigenvalue weighted by atomic mass is 9.98. The highest BCUT2D eigenvalue weighted by Crippen LogP contribution is 2.16. The van der Waals surface area contributed by atoms with Crippen LogP contribution in [0, 0.1) is 5.92 Å². The number of rotatable bonds is 4. The lowest BCUT2D eigenvalue weighted by Gasteiger charge is -2.30. The summed E-state index contributed by atoms with van der Waals surface area (Å²) in [6.45, 7) is 3.68. The summed E-state index contributed by atoms with van der Waals surface area (Å²) in [6, 6.07) is 0. The average Bonchev–Trinajstić information content (AvgIpc) is 2.73. The van der Waals surface area contributed by atoms with Gasteiger partial charge in [0.1, 0.15) is 5.82 Å². The molecule has 0 atom stereocenters. The molecule has 0 aliphatic carbocycles. The molecule has 1 aliphatic rings. The van der Waals surface area contributed by atoms with Crippen molar-refractivity contribution < 1.29 is 5.11 Å². The summed E-state index contributed by atoms with van der Waals surface area (Å²) in [5.74, 6) is 1.69. The summed E-state index contributed by atoms with van der Waals surface area (Å²) in [5.41, 5.74) is 0. The van der Waals surface area contributed by atoms with E-state index >= 15 is 0 Å². The fourth-order valence-electron chi connectivity index (χ4n) is 2.29. The molecule has 90 valence electrons. The van der Waals surface area contributed by atoms with Crippen molar-refractivity contribution in [3.05, 3.63) is 18.2 Å². The van der Waals surface area contributed by atoms with E-state index < -0.39 is 0 Å². The molecular weight excluding hydrogens is 202 g/mol. The van der Waals surface area contributed by atoms with E-state index in [1.54, 1.807) is 0 Å². The molecule has 4 nitrogen and oxygen atoms in total. The first-order valence-corrected chi connectivity index (χ1v) is 6.09. The molecule has 0 saturated carbocycles. The predicted octanol–water partition coefficient (Wildman–Crippen LogP) is 0.667. The maximum Gasteiger partial charge on any atom is 0.109 e. The number of nitrogens with zero attached hydrogens (tertiary/aromatic N) is 3. The first-order valence-electron chi connectivity index (χ1n) is 6.09. The molecule has 4 heteroatoms. The van der Waals surface area contributed by atoms with E-state index in [0.717, 1.165) is 44.7 Å². The van der Waals surface area contributed by atoms with E-state index in [1.165, 1.54) is 0 Å². The smallest absolute Gasteiger partial charge is 0.109 e.